The monoisotopic (exact) mass is 352 g/mol. The fourth-order valence-corrected chi connectivity index (χ4v) is 4.03. The molecule has 114 valence electrons. The summed E-state index contributed by atoms with van der Waals surface area (Å²) >= 11 is 13.4. The molecule has 0 fully saturated rings. The van der Waals surface area contributed by atoms with Gasteiger partial charge in [-0.15, -0.1) is 11.3 Å². The molecule has 1 aromatic heterocycles. The number of fused-ring (bicyclic) bond motifs is 1. The van der Waals surface area contributed by atoms with E-state index in [4.69, 9.17) is 23.2 Å². The largest absolute Gasteiger partial charge is 0.281 e. The molecule has 0 atom stereocenters. The van der Waals surface area contributed by atoms with Crippen LogP contribution in [-0.2, 0) is 12.8 Å². The number of hydrogen-bond acceptors (Lipinski definition) is 3. The number of nitrogens with zero attached hydrogens (tertiary/aromatic N) is 1. The van der Waals surface area contributed by atoms with Gasteiger partial charge in [-0.2, -0.15) is 5.10 Å². The second-order valence-corrected chi connectivity index (χ2v) is 7.11. The third-order valence-corrected chi connectivity index (χ3v) is 5.35. The molecule has 1 amide bonds. The standard InChI is InChI=1S/C16H14Cl2N2OS/c17-12-6-5-11(13(18)8-12)9-19-20-16(21)15-7-10-3-1-2-4-14(10)22-15/h5-9H,1-4H2,(H,20,21). The first-order valence-corrected chi connectivity index (χ1v) is 8.61. The summed E-state index contributed by atoms with van der Waals surface area (Å²) in [6.07, 6.45) is 6.09. The average Bonchev–Trinajstić information content (AvgIpc) is 2.93. The number of benzene rings is 1. The second-order valence-electron chi connectivity index (χ2n) is 5.13. The Morgan fingerprint density at radius 3 is 2.82 bits per heavy atom. The quantitative estimate of drug-likeness (QED) is 0.631. The number of hydrazone groups is 1. The molecule has 0 aliphatic heterocycles. The number of nitrogens with one attached hydrogen (secondary N) is 1. The summed E-state index contributed by atoms with van der Waals surface area (Å²) in [4.78, 5) is 14.2. The van der Waals surface area contributed by atoms with E-state index < -0.39 is 0 Å². The van der Waals surface area contributed by atoms with Crippen molar-refractivity contribution in [3.05, 3.63) is 55.2 Å². The first kappa shape index (κ1) is 15.5. The SMILES string of the molecule is O=C(NN=Cc1ccc(Cl)cc1Cl)c1cc2c(s1)CCCC2. The molecule has 1 N–H and O–H groups in total. The van der Waals surface area contributed by atoms with Crippen LogP contribution >= 0.6 is 34.5 Å². The van der Waals surface area contributed by atoms with Crippen LogP contribution in [0.4, 0.5) is 0 Å². The third kappa shape index (κ3) is 3.51. The number of amides is 1. The van der Waals surface area contributed by atoms with Crippen LogP contribution in [0, 0.1) is 0 Å². The lowest BCUT2D eigenvalue weighted by molar-refractivity contribution is 0.0959. The predicted octanol–water partition coefficient (Wildman–Crippen LogP) is 4.70. The van der Waals surface area contributed by atoms with Gasteiger partial charge in [0, 0.05) is 15.5 Å². The van der Waals surface area contributed by atoms with E-state index in [9.17, 15) is 4.79 Å². The summed E-state index contributed by atoms with van der Waals surface area (Å²) in [6, 6.07) is 7.10. The third-order valence-electron chi connectivity index (χ3n) is 3.55. The van der Waals surface area contributed by atoms with E-state index in [-0.39, 0.29) is 5.91 Å². The van der Waals surface area contributed by atoms with Crippen LogP contribution < -0.4 is 5.43 Å². The van der Waals surface area contributed by atoms with Gasteiger partial charge in [0.25, 0.3) is 5.91 Å². The van der Waals surface area contributed by atoms with Gasteiger partial charge >= 0.3 is 0 Å². The van der Waals surface area contributed by atoms with Crippen molar-refractivity contribution >= 4 is 46.7 Å². The van der Waals surface area contributed by atoms with Crippen molar-refractivity contribution in [2.45, 2.75) is 25.7 Å². The van der Waals surface area contributed by atoms with Crippen molar-refractivity contribution in [3.8, 4) is 0 Å². The zero-order valence-corrected chi connectivity index (χ0v) is 14.1. The number of carbonyl (C=O) groups is 1. The maximum atomic E-state index is 12.1. The Hall–Kier alpha value is -1.36. The number of hydrogen-bond donors (Lipinski definition) is 1. The van der Waals surface area contributed by atoms with E-state index in [1.54, 1.807) is 29.5 Å². The lowest BCUT2D eigenvalue weighted by atomic mass is 9.99. The topological polar surface area (TPSA) is 41.5 Å². The number of aryl methyl sites for hydroxylation is 2. The molecule has 1 heterocycles. The highest BCUT2D eigenvalue weighted by molar-refractivity contribution is 7.14. The summed E-state index contributed by atoms with van der Waals surface area (Å²) in [6.45, 7) is 0. The molecule has 0 saturated heterocycles. The highest BCUT2D eigenvalue weighted by Gasteiger charge is 2.16. The van der Waals surface area contributed by atoms with Gasteiger partial charge in [0.1, 0.15) is 0 Å². The zero-order valence-electron chi connectivity index (χ0n) is 11.7. The minimum atomic E-state index is -0.180. The van der Waals surface area contributed by atoms with Crippen LogP contribution in [-0.4, -0.2) is 12.1 Å². The first-order valence-electron chi connectivity index (χ1n) is 7.03. The van der Waals surface area contributed by atoms with E-state index in [0.29, 0.717) is 20.5 Å². The lowest BCUT2D eigenvalue weighted by Gasteiger charge is -2.08. The first-order chi connectivity index (χ1) is 10.6. The maximum Gasteiger partial charge on any atom is 0.281 e. The number of carbonyl (C=O) groups excluding carboxylic acids is 1. The summed E-state index contributed by atoms with van der Waals surface area (Å²) < 4.78 is 0. The highest BCUT2D eigenvalue weighted by Crippen LogP contribution is 2.29. The van der Waals surface area contributed by atoms with Gasteiger partial charge in [-0.05, 0) is 49.4 Å². The summed E-state index contributed by atoms with van der Waals surface area (Å²) in [5, 5.41) is 5.03. The predicted molar refractivity (Wildman–Crippen MR) is 92.5 cm³/mol. The molecular weight excluding hydrogens is 339 g/mol. The molecule has 1 aromatic carbocycles. The van der Waals surface area contributed by atoms with E-state index in [0.717, 1.165) is 12.8 Å². The lowest BCUT2D eigenvalue weighted by Crippen LogP contribution is -2.16. The Balaban J connectivity index is 1.66. The Labute approximate surface area is 142 Å². The molecule has 0 saturated carbocycles. The van der Waals surface area contributed by atoms with Crippen molar-refractivity contribution in [1.82, 2.24) is 5.43 Å². The minimum Gasteiger partial charge on any atom is -0.266 e. The van der Waals surface area contributed by atoms with Crippen LogP contribution in [0.3, 0.4) is 0 Å². The Morgan fingerprint density at radius 1 is 1.23 bits per heavy atom. The van der Waals surface area contributed by atoms with Gasteiger partial charge in [0.15, 0.2) is 0 Å². The molecule has 3 rings (SSSR count). The fourth-order valence-electron chi connectivity index (χ4n) is 2.42. The highest BCUT2D eigenvalue weighted by atomic mass is 35.5. The van der Waals surface area contributed by atoms with E-state index >= 15 is 0 Å². The van der Waals surface area contributed by atoms with Gasteiger partial charge in [0.05, 0.1) is 16.1 Å². The maximum absolute atomic E-state index is 12.1. The van der Waals surface area contributed by atoms with Crippen molar-refractivity contribution in [2.75, 3.05) is 0 Å². The smallest absolute Gasteiger partial charge is 0.266 e. The Morgan fingerprint density at radius 2 is 2.05 bits per heavy atom. The summed E-state index contributed by atoms with van der Waals surface area (Å²) in [7, 11) is 0. The van der Waals surface area contributed by atoms with E-state index in [1.807, 2.05) is 6.07 Å². The normalized spacial score (nSPS) is 14.1. The molecule has 3 nitrogen and oxygen atoms in total. The molecule has 0 bridgehead atoms. The van der Waals surface area contributed by atoms with Gasteiger partial charge in [-0.1, -0.05) is 29.3 Å². The molecule has 2 aromatic rings. The zero-order chi connectivity index (χ0) is 15.5. The number of halogens is 2. The Kier molecular flexibility index (Phi) is 4.81. The summed E-state index contributed by atoms with van der Waals surface area (Å²) in [5.74, 6) is -0.180. The number of rotatable bonds is 3. The van der Waals surface area contributed by atoms with Crippen LogP contribution in [0.1, 0.15) is 38.5 Å². The molecule has 22 heavy (non-hydrogen) atoms. The van der Waals surface area contributed by atoms with Gasteiger partial charge in [0.2, 0.25) is 0 Å². The summed E-state index contributed by atoms with van der Waals surface area (Å²) in [5.41, 5.74) is 4.56. The van der Waals surface area contributed by atoms with Crippen molar-refractivity contribution in [1.29, 1.82) is 0 Å². The Bertz CT molecular complexity index is 716. The van der Waals surface area contributed by atoms with Gasteiger partial charge in [-0.3, -0.25) is 4.79 Å². The van der Waals surface area contributed by atoms with Gasteiger partial charge in [-0.25, -0.2) is 5.43 Å². The van der Waals surface area contributed by atoms with E-state index in [2.05, 4.69) is 10.5 Å². The second kappa shape index (κ2) is 6.82. The minimum absolute atomic E-state index is 0.180. The van der Waals surface area contributed by atoms with Crippen molar-refractivity contribution in [3.63, 3.8) is 0 Å². The van der Waals surface area contributed by atoms with Crippen molar-refractivity contribution in [2.24, 2.45) is 5.10 Å². The molecule has 1 aliphatic rings. The fraction of sp³-hybridized carbons (Fsp3) is 0.250. The molecule has 1 aliphatic carbocycles. The van der Waals surface area contributed by atoms with E-state index in [1.165, 1.54) is 29.5 Å². The van der Waals surface area contributed by atoms with Crippen LogP contribution in [0.15, 0.2) is 29.4 Å². The van der Waals surface area contributed by atoms with Crippen LogP contribution in [0.5, 0.6) is 0 Å². The molecular formula is C16H14Cl2N2OS. The van der Waals surface area contributed by atoms with Crippen LogP contribution in [0.25, 0.3) is 0 Å². The number of thiophene rings is 1. The van der Waals surface area contributed by atoms with Crippen LogP contribution in [0.2, 0.25) is 10.0 Å². The molecule has 0 unspecified atom stereocenters. The molecule has 6 heteroatoms. The average molecular weight is 353 g/mol. The molecule has 0 spiro atoms. The molecule has 0 radical (unpaired) electrons. The van der Waals surface area contributed by atoms with Crippen molar-refractivity contribution < 1.29 is 4.79 Å². The van der Waals surface area contributed by atoms with Gasteiger partial charge < -0.3 is 0 Å².